The summed E-state index contributed by atoms with van der Waals surface area (Å²) in [5.74, 6) is -5.39. The van der Waals surface area contributed by atoms with Gasteiger partial charge >= 0.3 is 18.2 Å². The zero-order valence-electron chi connectivity index (χ0n) is 37.2. The van der Waals surface area contributed by atoms with Gasteiger partial charge in [-0.15, -0.1) is 0 Å². The number of aromatic nitrogens is 2. The van der Waals surface area contributed by atoms with Crippen molar-refractivity contribution in [2.45, 2.75) is 135 Å². The van der Waals surface area contributed by atoms with Gasteiger partial charge in [0.1, 0.15) is 35.6 Å². The SMILES string of the molecule is CC[C@H]1OC(=O)[C@H](C)C(=O)[C@H](C)[C@@H](O[C@@H]2O[C@H](C)C[C@H](N(C)C)[C@H]2O)[C@](C)(OC(=O)NN(C)CCc2ccc(-c3ncccn3)cc2)C[C@@H](C)C(=O)[C@H](C)[C@H]2NC(=O)O[C@@]21C. The minimum atomic E-state index is -1.76. The van der Waals surface area contributed by atoms with E-state index in [9.17, 15) is 29.1 Å². The van der Waals surface area contributed by atoms with Crippen molar-refractivity contribution in [2.75, 3.05) is 27.7 Å². The Balaban J connectivity index is 1.47. The second kappa shape index (κ2) is 19.7. The Labute approximate surface area is 358 Å². The summed E-state index contributed by atoms with van der Waals surface area (Å²) in [6.07, 6.45) is -2.38. The van der Waals surface area contributed by atoms with Crippen LogP contribution < -0.4 is 10.7 Å². The number of alkyl carbamates (subject to hydrolysis) is 1. The van der Waals surface area contributed by atoms with E-state index in [4.69, 9.17) is 23.7 Å². The quantitative estimate of drug-likeness (QED) is 0.133. The van der Waals surface area contributed by atoms with Crippen LogP contribution in [0.3, 0.4) is 0 Å². The summed E-state index contributed by atoms with van der Waals surface area (Å²) in [6.45, 7) is 13.5. The molecule has 2 amide bonds. The van der Waals surface area contributed by atoms with Crippen molar-refractivity contribution < 1.29 is 52.8 Å². The van der Waals surface area contributed by atoms with Crippen molar-refractivity contribution in [3.63, 3.8) is 0 Å². The van der Waals surface area contributed by atoms with E-state index in [2.05, 4.69) is 20.7 Å². The third kappa shape index (κ3) is 10.7. The number of rotatable bonds is 10. The van der Waals surface area contributed by atoms with Gasteiger partial charge in [0.25, 0.3) is 0 Å². The number of carbonyl (C=O) groups excluding carboxylic acids is 5. The van der Waals surface area contributed by atoms with E-state index in [1.807, 2.05) is 50.2 Å². The first-order valence-electron chi connectivity index (χ1n) is 21.2. The highest BCUT2D eigenvalue weighted by atomic mass is 16.7. The summed E-state index contributed by atoms with van der Waals surface area (Å²) >= 11 is 0. The largest absolute Gasteiger partial charge is 0.458 e. The topological polar surface area (TPSA) is 208 Å². The molecular formula is C44H64N6O11. The normalized spacial score (nSPS) is 35.1. The molecule has 5 rings (SSSR count). The molecule has 336 valence electrons. The molecule has 0 radical (unpaired) electrons. The number of ether oxygens (including phenoxy) is 5. The summed E-state index contributed by atoms with van der Waals surface area (Å²) in [4.78, 5) is 80.1. The molecular weight excluding hydrogens is 789 g/mol. The average molecular weight is 853 g/mol. The monoisotopic (exact) mass is 852 g/mol. The van der Waals surface area contributed by atoms with Gasteiger partial charge in [-0.1, -0.05) is 52.0 Å². The fourth-order valence-corrected chi connectivity index (χ4v) is 9.10. The predicted octanol–water partition coefficient (Wildman–Crippen LogP) is 4.10. The van der Waals surface area contributed by atoms with E-state index in [0.29, 0.717) is 25.2 Å². The standard InChI is InChI=1S/C44H64N6O11/c1-12-32-44(8)36(47-41(55)61-44)26(4)33(51)24(2)23-43(7,60-42(56)48-50(11)21-18-29-14-16-30(17-15-29)38-45-19-13-20-46-38)37(27(5)34(52)28(6)39(54)58-32)59-40-35(53)31(49(9)10)22-25(3)57-40/h13-17,19-20,24-28,31-32,35-37,40,53H,12,18,21-23H2,1-11H3,(H,47,55)(H,48,56)/t24-,25-,26+,27+,28-,31+,32-,35-,36-,37-,40+,43-,44-/m1/s1. The highest BCUT2D eigenvalue weighted by molar-refractivity contribution is 6.00. The molecule has 0 bridgehead atoms. The smallest absolute Gasteiger partial charge is 0.422 e. The maximum Gasteiger partial charge on any atom is 0.422 e. The van der Waals surface area contributed by atoms with Crippen LogP contribution in [0.4, 0.5) is 9.59 Å². The molecule has 3 aliphatic heterocycles. The summed E-state index contributed by atoms with van der Waals surface area (Å²) in [5.41, 5.74) is 1.41. The van der Waals surface area contributed by atoms with Crippen LogP contribution in [-0.4, -0.2) is 136 Å². The zero-order chi connectivity index (χ0) is 45.0. The number of nitrogens with one attached hydrogen (secondary N) is 2. The minimum Gasteiger partial charge on any atom is -0.458 e. The predicted molar refractivity (Wildman–Crippen MR) is 222 cm³/mol. The first kappa shape index (κ1) is 47.5. The molecule has 61 heavy (non-hydrogen) atoms. The molecule has 3 aliphatic rings. The maximum absolute atomic E-state index is 14.5. The number of carbonyl (C=O) groups is 5. The van der Waals surface area contributed by atoms with Gasteiger partial charge in [0, 0.05) is 55.3 Å². The van der Waals surface area contributed by atoms with Gasteiger partial charge in [-0.3, -0.25) is 19.8 Å². The van der Waals surface area contributed by atoms with Crippen LogP contribution in [0.15, 0.2) is 42.7 Å². The molecule has 17 heteroatoms. The van der Waals surface area contributed by atoms with E-state index < -0.39 is 89.5 Å². The number of ketones is 2. The number of esters is 1. The number of benzene rings is 1. The lowest BCUT2D eigenvalue weighted by atomic mass is 9.73. The van der Waals surface area contributed by atoms with Crippen molar-refractivity contribution >= 4 is 29.7 Å². The Kier molecular flexibility index (Phi) is 15.3. The van der Waals surface area contributed by atoms with Crippen molar-refractivity contribution in [1.82, 2.24) is 30.6 Å². The van der Waals surface area contributed by atoms with Crippen LogP contribution in [0, 0.1) is 23.7 Å². The maximum atomic E-state index is 14.5. The van der Waals surface area contributed by atoms with Gasteiger partial charge in [0.2, 0.25) is 0 Å². The fraction of sp³-hybridized carbons (Fsp3) is 0.659. The van der Waals surface area contributed by atoms with E-state index in [-0.39, 0.29) is 30.8 Å². The van der Waals surface area contributed by atoms with Gasteiger partial charge in [-0.2, -0.15) is 0 Å². The number of likely N-dealkylation sites (N-methyl/N-ethyl adjacent to an activating group) is 2. The second-order valence-corrected chi connectivity index (χ2v) is 17.6. The fourth-order valence-electron chi connectivity index (χ4n) is 9.10. The lowest BCUT2D eigenvalue weighted by molar-refractivity contribution is -0.292. The van der Waals surface area contributed by atoms with E-state index in [0.717, 1.165) is 11.1 Å². The van der Waals surface area contributed by atoms with Gasteiger partial charge in [0.05, 0.1) is 12.1 Å². The van der Waals surface area contributed by atoms with Crippen LogP contribution in [0.25, 0.3) is 11.4 Å². The summed E-state index contributed by atoms with van der Waals surface area (Å²) in [6, 6.07) is 8.24. The van der Waals surface area contributed by atoms with Crippen LogP contribution in [-0.2, 0) is 44.5 Å². The summed E-state index contributed by atoms with van der Waals surface area (Å²) in [7, 11) is 5.33. The Bertz CT molecular complexity index is 1870. The number of cyclic esters (lactones) is 1. The van der Waals surface area contributed by atoms with Crippen molar-refractivity contribution in [1.29, 1.82) is 0 Å². The first-order chi connectivity index (χ1) is 28.7. The number of aliphatic hydroxyl groups is 1. The molecule has 3 saturated heterocycles. The molecule has 0 spiro atoms. The molecule has 0 saturated carbocycles. The van der Waals surface area contributed by atoms with Gasteiger partial charge in [-0.25, -0.2) is 24.6 Å². The lowest BCUT2D eigenvalue weighted by Crippen LogP contribution is -2.61. The molecule has 4 heterocycles. The number of aliphatic hydroxyl groups excluding tert-OH is 1. The molecule has 17 nitrogen and oxygen atoms in total. The van der Waals surface area contributed by atoms with Crippen LogP contribution in [0.5, 0.6) is 0 Å². The number of amides is 2. The molecule has 0 aliphatic carbocycles. The summed E-state index contributed by atoms with van der Waals surface area (Å²) in [5, 5.41) is 15.9. The molecule has 2 aromatic rings. The number of nitrogens with zero attached hydrogens (tertiary/aromatic N) is 4. The summed E-state index contributed by atoms with van der Waals surface area (Å²) < 4.78 is 30.8. The zero-order valence-corrected chi connectivity index (χ0v) is 37.2. The van der Waals surface area contributed by atoms with Crippen LogP contribution in [0.2, 0.25) is 0 Å². The highest BCUT2D eigenvalue weighted by Crippen LogP contribution is 2.40. The molecule has 3 fully saturated rings. The first-order valence-corrected chi connectivity index (χ1v) is 21.2. The van der Waals surface area contributed by atoms with Crippen molar-refractivity contribution in [2.24, 2.45) is 23.7 Å². The van der Waals surface area contributed by atoms with Crippen LogP contribution >= 0.6 is 0 Å². The van der Waals surface area contributed by atoms with Gasteiger partial charge < -0.3 is 39.0 Å². The Hall–Kier alpha value is -4.55. The number of hydrazine groups is 1. The molecule has 0 unspecified atom stereocenters. The molecule has 1 aromatic heterocycles. The third-order valence-electron chi connectivity index (χ3n) is 12.6. The van der Waals surface area contributed by atoms with Gasteiger partial charge in [0.15, 0.2) is 23.5 Å². The second-order valence-electron chi connectivity index (χ2n) is 17.6. The minimum absolute atomic E-state index is 0.156. The van der Waals surface area contributed by atoms with E-state index >= 15 is 0 Å². The number of hydrogen-bond donors (Lipinski definition) is 3. The van der Waals surface area contributed by atoms with Gasteiger partial charge in [-0.05, 0) is 79.1 Å². The molecule has 13 atom stereocenters. The Morgan fingerprint density at radius 2 is 1.64 bits per heavy atom. The Morgan fingerprint density at radius 3 is 2.26 bits per heavy atom. The number of Topliss-reactive ketones (excluding diaryl/α,β-unsaturated/α-hetero) is 2. The average Bonchev–Trinajstić information content (AvgIpc) is 3.54. The molecule has 3 N–H and O–H groups in total. The lowest BCUT2D eigenvalue weighted by Gasteiger charge is -2.47. The third-order valence-corrected chi connectivity index (χ3v) is 12.6. The van der Waals surface area contributed by atoms with E-state index in [1.165, 1.54) is 6.92 Å². The Morgan fingerprint density at radius 1 is 0.984 bits per heavy atom. The molecule has 1 aromatic carbocycles. The van der Waals surface area contributed by atoms with Crippen molar-refractivity contribution in [3.8, 4) is 11.4 Å². The van der Waals surface area contributed by atoms with Crippen molar-refractivity contribution in [3.05, 3.63) is 48.3 Å². The van der Waals surface area contributed by atoms with E-state index in [1.54, 1.807) is 72.1 Å². The van der Waals surface area contributed by atoms with Crippen LogP contribution in [0.1, 0.15) is 80.2 Å². The highest BCUT2D eigenvalue weighted by Gasteiger charge is 2.57. The number of hydrogen-bond acceptors (Lipinski definition) is 15. The number of fused-ring (bicyclic) bond motifs is 1.